The number of ether oxygens (including phenoxy) is 2. The van der Waals surface area contributed by atoms with Crippen LogP contribution in [0.25, 0.3) is 0 Å². The molecule has 0 N–H and O–H groups in total. The Balaban J connectivity index is 1.74. The summed E-state index contributed by atoms with van der Waals surface area (Å²) in [5, 5.41) is 0. The van der Waals surface area contributed by atoms with Gasteiger partial charge in [0.1, 0.15) is 5.60 Å². The minimum atomic E-state index is -0.445. The van der Waals surface area contributed by atoms with E-state index in [0.717, 1.165) is 12.3 Å². The molecule has 2 atom stereocenters. The van der Waals surface area contributed by atoms with Crippen LogP contribution in [-0.4, -0.2) is 41.9 Å². The lowest BCUT2D eigenvalue weighted by molar-refractivity contribution is -0.0546. The lowest BCUT2D eigenvalue weighted by atomic mass is 9.78. The lowest BCUT2D eigenvalue weighted by Gasteiger charge is -2.46. The van der Waals surface area contributed by atoms with Crippen LogP contribution in [0.2, 0.25) is 0 Å². The molecule has 3 aliphatic rings. The summed E-state index contributed by atoms with van der Waals surface area (Å²) >= 11 is 0. The number of nitrogens with zero attached hydrogens (tertiary/aromatic N) is 1. The molecule has 1 saturated carbocycles. The highest BCUT2D eigenvalue weighted by Crippen LogP contribution is 2.37. The first-order valence-corrected chi connectivity index (χ1v) is 8.74. The van der Waals surface area contributed by atoms with Crippen LogP contribution in [0.5, 0.6) is 0 Å². The van der Waals surface area contributed by atoms with Crippen LogP contribution in [0.4, 0.5) is 4.79 Å². The van der Waals surface area contributed by atoms with Crippen molar-refractivity contribution in [1.82, 2.24) is 4.90 Å². The molecule has 0 aromatic heterocycles. The van der Waals surface area contributed by atoms with E-state index in [1.807, 2.05) is 25.7 Å². The summed E-state index contributed by atoms with van der Waals surface area (Å²) in [7, 11) is 0. The van der Waals surface area contributed by atoms with E-state index in [0.29, 0.717) is 13.2 Å². The Morgan fingerprint density at radius 2 is 1.95 bits per heavy atom. The van der Waals surface area contributed by atoms with E-state index >= 15 is 0 Å². The molecule has 3 rings (SSSR count). The van der Waals surface area contributed by atoms with Crippen molar-refractivity contribution in [3.63, 3.8) is 0 Å². The van der Waals surface area contributed by atoms with Crippen LogP contribution in [-0.2, 0) is 9.47 Å². The van der Waals surface area contributed by atoms with E-state index < -0.39 is 5.60 Å². The molecule has 0 radical (unpaired) electrons. The van der Waals surface area contributed by atoms with E-state index in [-0.39, 0.29) is 18.2 Å². The highest BCUT2D eigenvalue weighted by molar-refractivity contribution is 5.70. The number of rotatable bonds is 1. The van der Waals surface area contributed by atoms with Gasteiger partial charge in [0.15, 0.2) is 0 Å². The third-order valence-electron chi connectivity index (χ3n) is 4.96. The van der Waals surface area contributed by atoms with Gasteiger partial charge < -0.3 is 9.47 Å². The van der Waals surface area contributed by atoms with Crippen LogP contribution in [0.1, 0.15) is 59.3 Å². The molecular weight excluding hydrogens is 278 g/mol. The minimum absolute atomic E-state index is 0.0549. The first-order valence-electron chi connectivity index (χ1n) is 8.74. The van der Waals surface area contributed by atoms with Crippen molar-refractivity contribution >= 4 is 6.09 Å². The number of carbonyl (C=O) groups is 1. The van der Waals surface area contributed by atoms with Gasteiger partial charge in [-0.2, -0.15) is 0 Å². The number of amides is 1. The molecule has 22 heavy (non-hydrogen) atoms. The monoisotopic (exact) mass is 307 g/mol. The fraction of sp³-hybridized carbons (Fsp3) is 0.833. The van der Waals surface area contributed by atoms with Gasteiger partial charge in [0, 0.05) is 0 Å². The summed E-state index contributed by atoms with van der Waals surface area (Å²) in [6.45, 7) is 7.00. The van der Waals surface area contributed by atoms with Gasteiger partial charge in [0.25, 0.3) is 0 Å². The van der Waals surface area contributed by atoms with Crippen molar-refractivity contribution in [3.05, 3.63) is 11.6 Å². The number of morpholine rings is 1. The van der Waals surface area contributed by atoms with Gasteiger partial charge in [-0.1, -0.05) is 30.9 Å². The lowest BCUT2D eigenvalue weighted by Crippen LogP contribution is -2.57. The Morgan fingerprint density at radius 1 is 1.23 bits per heavy atom. The first kappa shape index (κ1) is 15.9. The van der Waals surface area contributed by atoms with Gasteiger partial charge in [0.2, 0.25) is 0 Å². The van der Waals surface area contributed by atoms with Crippen LogP contribution in [0.3, 0.4) is 0 Å². The topological polar surface area (TPSA) is 38.8 Å². The van der Waals surface area contributed by atoms with Crippen molar-refractivity contribution < 1.29 is 14.3 Å². The zero-order chi connectivity index (χ0) is 15.7. The summed E-state index contributed by atoms with van der Waals surface area (Å²) in [5.74, 6) is 0.734. The summed E-state index contributed by atoms with van der Waals surface area (Å²) in [5.41, 5.74) is 1.12. The molecule has 2 bridgehead atoms. The molecule has 2 heterocycles. The summed E-state index contributed by atoms with van der Waals surface area (Å²) in [6.07, 6.45) is 9.79. The maximum absolute atomic E-state index is 12.5. The average Bonchev–Trinajstić information content (AvgIpc) is 2.45. The molecule has 0 aromatic carbocycles. The van der Waals surface area contributed by atoms with Crippen molar-refractivity contribution in [2.45, 2.75) is 77.0 Å². The number of hydrogen-bond acceptors (Lipinski definition) is 3. The maximum atomic E-state index is 12.5. The predicted octanol–water partition coefficient (Wildman–Crippen LogP) is 3.90. The van der Waals surface area contributed by atoms with E-state index in [2.05, 4.69) is 6.08 Å². The molecule has 0 aromatic rings. The molecule has 124 valence electrons. The van der Waals surface area contributed by atoms with Crippen molar-refractivity contribution in [2.75, 3.05) is 13.2 Å². The molecule has 2 fully saturated rings. The zero-order valence-corrected chi connectivity index (χ0v) is 14.1. The minimum Gasteiger partial charge on any atom is -0.444 e. The third kappa shape index (κ3) is 3.48. The van der Waals surface area contributed by atoms with E-state index in [1.165, 1.54) is 32.1 Å². The summed E-state index contributed by atoms with van der Waals surface area (Å²) in [6, 6.07) is 0.204. The van der Waals surface area contributed by atoms with Gasteiger partial charge in [-0.3, -0.25) is 4.90 Å². The van der Waals surface area contributed by atoms with Gasteiger partial charge >= 0.3 is 6.09 Å². The molecule has 1 saturated heterocycles. The Hall–Kier alpha value is -1.03. The summed E-state index contributed by atoms with van der Waals surface area (Å²) < 4.78 is 11.3. The van der Waals surface area contributed by atoms with E-state index in [1.54, 1.807) is 5.57 Å². The second kappa shape index (κ2) is 6.23. The predicted molar refractivity (Wildman–Crippen MR) is 85.7 cm³/mol. The highest BCUT2D eigenvalue weighted by atomic mass is 16.6. The smallest absolute Gasteiger partial charge is 0.411 e. The van der Waals surface area contributed by atoms with E-state index in [9.17, 15) is 4.79 Å². The largest absolute Gasteiger partial charge is 0.444 e. The Morgan fingerprint density at radius 3 is 2.59 bits per heavy atom. The second-order valence-electron chi connectivity index (χ2n) is 7.93. The molecular formula is C18H29NO3. The average molecular weight is 307 g/mol. The molecule has 2 unspecified atom stereocenters. The van der Waals surface area contributed by atoms with Gasteiger partial charge in [-0.15, -0.1) is 0 Å². The van der Waals surface area contributed by atoms with Crippen LogP contribution in [0, 0.1) is 5.92 Å². The number of carbonyl (C=O) groups excluding carboxylic acids is 1. The Kier molecular flexibility index (Phi) is 4.49. The van der Waals surface area contributed by atoms with Crippen molar-refractivity contribution in [2.24, 2.45) is 5.92 Å². The quantitative estimate of drug-likeness (QED) is 0.690. The highest BCUT2D eigenvalue weighted by Gasteiger charge is 2.41. The molecule has 1 amide bonds. The molecule has 2 aliphatic heterocycles. The van der Waals surface area contributed by atoms with E-state index in [4.69, 9.17) is 9.47 Å². The van der Waals surface area contributed by atoms with Crippen LogP contribution >= 0.6 is 0 Å². The normalized spacial score (nSPS) is 30.0. The fourth-order valence-electron chi connectivity index (χ4n) is 4.00. The Bertz CT molecular complexity index is 446. The van der Waals surface area contributed by atoms with Gasteiger partial charge in [0.05, 0.1) is 25.3 Å². The van der Waals surface area contributed by atoms with Crippen molar-refractivity contribution in [3.8, 4) is 0 Å². The standard InChI is InChI=1S/C18H29NO3/c1-18(2,3)22-17(20)19-15-9-14(10-16(19)12-21-11-15)13-7-5-4-6-8-13/h9,13,15-16H,4-8,10-12H2,1-3H3. The molecule has 4 heteroatoms. The van der Waals surface area contributed by atoms with Gasteiger partial charge in [-0.25, -0.2) is 4.79 Å². The SMILES string of the molecule is CC(C)(C)OC(=O)N1C2C=C(C3CCCCC3)CC1COC2. The third-order valence-corrected chi connectivity index (χ3v) is 4.96. The zero-order valence-electron chi connectivity index (χ0n) is 14.1. The number of hydrogen-bond donors (Lipinski definition) is 0. The Labute approximate surface area is 133 Å². The summed E-state index contributed by atoms with van der Waals surface area (Å²) in [4.78, 5) is 14.4. The van der Waals surface area contributed by atoms with Crippen molar-refractivity contribution in [1.29, 1.82) is 0 Å². The molecule has 0 spiro atoms. The molecule has 1 aliphatic carbocycles. The van der Waals surface area contributed by atoms with Gasteiger partial charge in [-0.05, 0) is 46.0 Å². The van der Waals surface area contributed by atoms with Crippen LogP contribution in [0.15, 0.2) is 11.6 Å². The maximum Gasteiger partial charge on any atom is 0.411 e. The molecule has 4 nitrogen and oxygen atoms in total. The first-order chi connectivity index (χ1) is 10.4. The number of fused-ring (bicyclic) bond motifs is 2. The second-order valence-corrected chi connectivity index (χ2v) is 7.93. The fourth-order valence-corrected chi connectivity index (χ4v) is 4.00. The van der Waals surface area contributed by atoms with Crippen LogP contribution < -0.4 is 0 Å².